The number of carbonyl (C=O) groups excluding carboxylic acids is 1. The number of hydrogen-bond donors (Lipinski definition) is 0. The Balaban J connectivity index is 1.91. The Labute approximate surface area is 169 Å². The number of benzene rings is 3. The van der Waals surface area contributed by atoms with Crippen LogP contribution in [0.3, 0.4) is 0 Å². The topological polar surface area (TPSA) is 57.7 Å². The number of anilines is 2. The standard InChI is InChI=1S/C22H19FN2O3S/c1-2-16-9-4-6-12-19(16)25-22(26)24(15-17-10-3-5-11-18(17)23)20-13-7-8-14-21(20)29(25,27)28/h3-14H,2,15H2,1H3. The molecule has 4 rings (SSSR count). The fourth-order valence-electron chi connectivity index (χ4n) is 3.50. The van der Waals surface area contributed by atoms with Gasteiger partial charge in [0.05, 0.1) is 17.9 Å². The zero-order chi connectivity index (χ0) is 20.6. The molecule has 0 spiro atoms. The molecule has 0 bridgehead atoms. The second kappa shape index (κ2) is 7.33. The number of carbonyl (C=O) groups is 1. The van der Waals surface area contributed by atoms with Gasteiger partial charge in [-0.2, -0.15) is 4.31 Å². The highest BCUT2D eigenvalue weighted by Gasteiger charge is 2.43. The van der Waals surface area contributed by atoms with Crippen molar-refractivity contribution in [3.8, 4) is 0 Å². The molecule has 0 aromatic heterocycles. The number of para-hydroxylation sites is 2. The number of sulfonamides is 1. The predicted molar refractivity (Wildman–Crippen MR) is 110 cm³/mol. The van der Waals surface area contributed by atoms with Crippen LogP contribution in [0.2, 0.25) is 0 Å². The quantitative estimate of drug-likeness (QED) is 0.625. The molecule has 3 aromatic carbocycles. The summed E-state index contributed by atoms with van der Waals surface area (Å²) in [4.78, 5) is 14.8. The molecule has 0 N–H and O–H groups in total. The summed E-state index contributed by atoms with van der Waals surface area (Å²) in [5.74, 6) is -0.452. The molecule has 7 heteroatoms. The summed E-state index contributed by atoms with van der Waals surface area (Å²) in [6.07, 6.45) is 0.560. The summed E-state index contributed by atoms with van der Waals surface area (Å²) in [6.45, 7) is 1.81. The molecule has 1 heterocycles. The van der Waals surface area contributed by atoms with Crippen molar-refractivity contribution < 1.29 is 17.6 Å². The van der Waals surface area contributed by atoms with Crippen LogP contribution in [0.4, 0.5) is 20.6 Å². The van der Waals surface area contributed by atoms with E-state index in [2.05, 4.69) is 0 Å². The third-order valence-electron chi connectivity index (χ3n) is 4.96. The highest BCUT2D eigenvalue weighted by atomic mass is 32.2. The van der Waals surface area contributed by atoms with E-state index in [1.165, 1.54) is 17.0 Å². The summed E-state index contributed by atoms with van der Waals surface area (Å²) < 4.78 is 41.8. The van der Waals surface area contributed by atoms with Gasteiger partial charge in [0.1, 0.15) is 10.7 Å². The molecule has 3 aromatic rings. The minimum Gasteiger partial charge on any atom is -0.287 e. The lowest BCUT2D eigenvalue weighted by Crippen LogP contribution is -2.51. The third kappa shape index (κ3) is 3.17. The molecule has 0 unspecified atom stereocenters. The van der Waals surface area contributed by atoms with E-state index in [-0.39, 0.29) is 17.1 Å². The highest BCUT2D eigenvalue weighted by Crippen LogP contribution is 2.39. The molecular formula is C22H19FN2O3S. The molecule has 2 amide bonds. The van der Waals surface area contributed by atoms with Crippen LogP contribution < -0.4 is 9.21 Å². The number of aryl methyl sites for hydroxylation is 1. The summed E-state index contributed by atoms with van der Waals surface area (Å²) in [5, 5.41) is 0. The molecule has 0 radical (unpaired) electrons. The Hall–Kier alpha value is -3.19. The van der Waals surface area contributed by atoms with E-state index in [9.17, 15) is 17.6 Å². The molecule has 0 fully saturated rings. The minimum atomic E-state index is -4.10. The first-order valence-electron chi connectivity index (χ1n) is 9.22. The summed E-state index contributed by atoms with van der Waals surface area (Å²) in [7, 11) is -4.10. The molecule has 148 valence electrons. The molecule has 0 saturated heterocycles. The maximum absolute atomic E-state index is 14.3. The van der Waals surface area contributed by atoms with Crippen LogP contribution >= 0.6 is 0 Å². The van der Waals surface area contributed by atoms with Gasteiger partial charge in [-0.1, -0.05) is 55.5 Å². The van der Waals surface area contributed by atoms with Gasteiger partial charge in [-0.25, -0.2) is 17.6 Å². The molecular weight excluding hydrogens is 391 g/mol. The second-order valence-electron chi connectivity index (χ2n) is 6.68. The lowest BCUT2D eigenvalue weighted by atomic mass is 10.1. The van der Waals surface area contributed by atoms with E-state index in [0.717, 1.165) is 9.87 Å². The van der Waals surface area contributed by atoms with Gasteiger partial charge < -0.3 is 0 Å². The highest BCUT2D eigenvalue weighted by molar-refractivity contribution is 7.94. The van der Waals surface area contributed by atoms with Crippen LogP contribution in [-0.4, -0.2) is 14.4 Å². The smallest absolute Gasteiger partial charge is 0.287 e. The maximum Gasteiger partial charge on any atom is 0.343 e. The van der Waals surface area contributed by atoms with Crippen molar-refractivity contribution >= 4 is 27.4 Å². The van der Waals surface area contributed by atoms with E-state index >= 15 is 0 Å². The van der Waals surface area contributed by atoms with Gasteiger partial charge in [-0.05, 0) is 36.2 Å². The van der Waals surface area contributed by atoms with E-state index in [1.54, 1.807) is 60.7 Å². The first-order chi connectivity index (χ1) is 13.9. The lowest BCUT2D eigenvalue weighted by molar-refractivity contribution is 0.253. The molecule has 0 aliphatic carbocycles. The normalized spacial score (nSPS) is 15.3. The Morgan fingerprint density at radius 2 is 1.41 bits per heavy atom. The average Bonchev–Trinajstić information content (AvgIpc) is 2.73. The van der Waals surface area contributed by atoms with Crippen molar-refractivity contribution in [3.63, 3.8) is 0 Å². The van der Waals surface area contributed by atoms with E-state index < -0.39 is 21.9 Å². The van der Waals surface area contributed by atoms with E-state index in [0.29, 0.717) is 17.7 Å². The largest absolute Gasteiger partial charge is 0.343 e. The molecule has 1 aliphatic rings. The molecule has 0 saturated carbocycles. The number of fused-ring (bicyclic) bond motifs is 1. The van der Waals surface area contributed by atoms with Crippen molar-refractivity contribution in [2.45, 2.75) is 24.8 Å². The van der Waals surface area contributed by atoms with Crippen molar-refractivity contribution in [2.75, 3.05) is 9.21 Å². The van der Waals surface area contributed by atoms with Crippen LogP contribution in [0.25, 0.3) is 0 Å². The van der Waals surface area contributed by atoms with Crippen LogP contribution in [0.1, 0.15) is 18.1 Å². The molecule has 5 nitrogen and oxygen atoms in total. The van der Waals surface area contributed by atoms with Gasteiger partial charge in [-0.3, -0.25) is 4.90 Å². The second-order valence-corrected chi connectivity index (χ2v) is 8.43. The SMILES string of the molecule is CCc1ccccc1N1C(=O)N(Cc2ccccc2F)c2ccccc2S1(=O)=O. The van der Waals surface area contributed by atoms with Crippen LogP contribution in [0, 0.1) is 5.82 Å². The van der Waals surface area contributed by atoms with Crippen LogP contribution in [0.5, 0.6) is 0 Å². The summed E-state index contributed by atoms with van der Waals surface area (Å²) in [6, 6.07) is 18.6. The van der Waals surface area contributed by atoms with E-state index in [4.69, 9.17) is 0 Å². The molecule has 1 aliphatic heterocycles. The van der Waals surface area contributed by atoms with Crippen LogP contribution in [-0.2, 0) is 23.0 Å². The fourth-order valence-corrected chi connectivity index (χ4v) is 5.13. The number of nitrogens with zero attached hydrogens (tertiary/aromatic N) is 2. The van der Waals surface area contributed by atoms with Gasteiger partial charge in [-0.15, -0.1) is 0 Å². The predicted octanol–water partition coefficient (Wildman–Crippen LogP) is 4.72. The van der Waals surface area contributed by atoms with Gasteiger partial charge in [0, 0.05) is 5.56 Å². The lowest BCUT2D eigenvalue weighted by Gasteiger charge is -2.37. The average molecular weight is 410 g/mol. The van der Waals surface area contributed by atoms with Crippen LogP contribution in [0.15, 0.2) is 77.7 Å². The zero-order valence-corrected chi connectivity index (χ0v) is 16.6. The monoisotopic (exact) mass is 410 g/mol. The number of urea groups is 1. The first-order valence-corrected chi connectivity index (χ1v) is 10.7. The molecule has 29 heavy (non-hydrogen) atoms. The van der Waals surface area contributed by atoms with Gasteiger partial charge in [0.2, 0.25) is 0 Å². The van der Waals surface area contributed by atoms with Crippen molar-refractivity contribution in [1.82, 2.24) is 0 Å². The Kier molecular flexibility index (Phi) is 4.84. The third-order valence-corrected chi connectivity index (χ3v) is 6.69. The summed E-state index contributed by atoms with van der Waals surface area (Å²) >= 11 is 0. The number of hydrogen-bond acceptors (Lipinski definition) is 3. The van der Waals surface area contributed by atoms with Gasteiger partial charge in [0.25, 0.3) is 10.0 Å². The minimum absolute atomic E-state index is 0.0156. The molecule has 0 atom stereocenters. The van der Waals surface area contributed by atoms with Gasteiger partial charge >= 0.3 is 6.03 Å². The van der Waals surface area contributed by atoms with E-state index in [1.807, 2.05) is 6.92 Å². The van der Waals surface area contributed by atoms with Crippen molar-refractivity contribution in [2.24, 2.45) is 0 Å². The number of rotatable bonds is 4. The van der Waals surface area contributed by atoms with Crippen molar-refractivity contribution in [1.29, 1.82) is 0 Å². The van der Waals surface area contributed by atoms with Crippen molar-refractivity contribution in [3.05, 3.63) is 89.7 Å². The first kappa shape index (κ1) is 19.1. The Bertz CT molecular complexity index is 1190. The summed E-state index contributed by atoms with van der Waals surface area (Å²) in [5.41, 5.74) is 1.59. The van der Waals surface area contributed by atoms with Gasteiger partial charge in [0.15, 0.2) is 0 Å². The number of halogens is 1. The fraction of sp³-hybridized carbons (Fsp3) is 0.136. The zero-order valence-electron chi connectivity index (χ0n) is 15.7. The Morgan fingerprint density at radius 1 is 0.828 bits per heavy atom. The Morgan fingerprint density at radius 3 is 2.10 bits per heavy atom. The number of amides is 2. The maximum atomic E-state index is 14.3.